The first kappa shape index (κ1) is 22.1. The Bertz CT molecular complexity index is 1060. The van der Waals surface area contributed by atoms with Crippen molar-refractivity contribution >= 4 is 34.5 Å². The average molecular weight is 457 g/mol. The van der Waals surface area contributed by atoms with Crippen LogP contribution < -0.4 is 5.32 Å². The van der Waals surface area contributed by atoms with E-state index in [0.29, 0.717) is 46.6 Å². The van der Waals surface area contributed by atoms with Crippen LogP contribution in [0.4, 0.5) is 5.69 Å². The first-order valence-electron chi connectivity index (χ1n) is 10.5. The average Bonchev–Trinajstić information content (AvgIpc) is 3.56. The van der Waals surface area contributed by atoms with Crippen molar-refractivity contribution in [2.24, 2.45) is 10.9 Å². The molecule has 1 N–H and O–H groups in total. The second-order valence-electron chi connectivity index (χ2n) is 7.88. The second kappa shape index (κ2) is 9.15. The van der Waals surface area contributed by atoms with Gasteiger partial charge in [0.1, 0.15) is 0 Å². The highest BCUT2D eigenvalue weighted by molar-refractivity contribution is 8.16. The number of allylic oxidation sites excluding steroid dienone is 1. The number of amides is 1. The minimum Gasteiger partial charge on any atom is -0.466 e. The molecular formula is C22H24N4O5S. The molecule has 168 valence electrons. The molecule has 32 heavy (non-hydrogen) atoms. The maximum absolute atomic E-state index is 12.8. The topological polar surface area (TPSA) is 114 Å². The molecule has 3 aliphatic rings. The molecule has 1 aliphatic carbocycles. The van der Waals surface area contributed by atoms with Gasteiger partial charge in [-0.15, -0.1) is 0 Å². The molecule has 0 aromatic heterocycles. The van der Waals surface area contributed by atoms with Crippen molar-refractivity contribution in [2.45, 2.75) is 38.6 Å². The van der Waals surface area contributed by atoms with Crippen LogP contribution in [-0.4, -0.2) is 40.5 Å². The number of hydrogen-bond acceptors (Lipinski definition) is 8. The third-order valence-electron chi connectivity index (χ3n) is 5.65. The van der Waals surface area contributed by atoms with E-state index in [1.807, 2.05) is 17.2 Å². The third kappa shape index (κ3) is 4.40. The summed E-state index contributed by atoms with van der Waals surface area (Å²) in [6.45, 7) is 2.56. The summed E-state index contributed by atoms with van der Waals surface area (Å²) in [6, 6.07) is 5.52. The number of hydrogen-bond donors (Lipinski definition) is 1. The Morgan fingerprint density at radius 2 is 2.16 bits per heavy atom. The Hall–Kier alpha value is -3.14. The number of nitrogens with one attached hydrogen (secondary N) is 1. The lowest BCUT2D eigenvalue weighted by molar-refractivity contribution is -0.384. The summed E-state index contributed by atoms with van der Waals surface area (Å²) in [5.41, 5.74) is 2.07. The van der Waals surface area contributed by atoms with Crippen molar-refractivity contribution < 1.29 is 19.2 Å². The van der Waals surface area contributed by atoms with Crippen LogP contribution in [0.3, 0.4) is 0 Å². The normalized spacial score (nSPS) is 19.8. The summed E-state index contributed by atoms with van der Waals surface area (Å²) >= 11 is 1.38. The number of nitro groups is 1. The molecular weight excluding hydrogens is 432 g/mol. The van der Waals surface area contributed by atoms with E-state index < -0.39 is 16.9 Å². The lowest BCUT2D eigenvalue weighted by atomic mass is 9.92. The molecule has 1 amide bonds. The summed E-state index contributed by atoms with van der Waals surface area (Å²) in [5, 5.41) is 16.8. The monoisotopic (exact) mass is 456 g/mol. The number of carbonyl (C=O) groups is 2. The van der Waals surface area contributed by atoms with Gasteiger partial charge in [-0.2, -0.15) is 0 Å². The van der Waals surface area contributed by atoms with E-state index in [9.17, 15) is 19.7 Å². The largest absolute Gasteiger partial charge is 0.466 e. The van der Waals surface area contributed by atoms with Crippen molar-refractivity contribution in [3.63, 3.8) is 0 Å². The number of aliphatic imine (C=N–C) groups is 1. The maximum Gasteiger partial charge on any atom is 0.338 e. The number of amidine groups is 1. The summed E-state index contributed by atoms with van der Waals surface area (Å²) in [5.74, 6) is -0.0835. The van der Waals surface area contributed by atoms with Gasteiger partial charge in [-0.3, -0.25) is 14.9 Å². The Kier molecular flexibility index (Phi) is 6.31. The van der Waals surface area contributed by atoms with Gasteiger partial charge in [0.15, 0.2) is 5.17 Å². The van der Waals surface area contributed by atoms with Crippen molar-refractivity contribution in [1.29, 1.82) is 0 Å². The van der Waals surface area contributed by atoms with Gasteiger partial charge < -0.3 is 15.0 Å². The highest BCUT2D eigenvalue weighted by Gasteiger charge is 2.41. The summed E-state index contributed by atoms with van der Waals surface area (Å²) < 4.78 is 5.06. The van der Waals surface area contributed by atoms with Gasteiger partial charge in [-0.25, -0.2) is 9.79 Å². The van der Waals surface area contributed by atoms with Crippen molar-refractivity contribution in [1.82, 2.24) is 10.2 Å². The number of nitrogens with zero attached hydrogens (tertiary/aromatic N) is 3. The lowest BCUT2D eigenvalue weighted by Gasteiger charge is -2.36. The smallest absolute Gasteiger partial charge is 0.338 e. The molecule has 1 aromatic carbocycles. The fourth-order valence-electron chi connectivity index (χ4n) is 3.84. The molecule has 1 unspecified atom stereocenters. The predicted octanol–water partition coefficient (Wildman–Crippen LogP) is 3.65. The Morgan fingerprint density at radius 1 is 1.38 bits per heavy atom. The molecule has 2 aliphatic heterocycles. The van der Waals surface area contributed by atoms with Gasteiger partial charge in [-0.05, 0) is 36.2 Å². The van der Waals surface area contributed by atoms with Crippen LogP contribution >= 0.6 is 11.8 Å². The van der Waals surface area contributed by atoms with E-state index >= 15 is 0 Å². The SMILES string of the molecule is CCC1=C(C(=O)OC)C(c2cccc([N+](=O)[O-])c2)N2C(CC(=O)NCC3CC3)=CSC2=N1. The standard InChI is InChI=1S/C22H24N4O5S/c1-3-17-19(21(28)31-2)20(14-5-4-6-15(9-14)26(29)30)25-16(12-32-22(25)24-17)10-18(27)23-11-13-7-8-13/h4-6,9,12-13,20H,3,7-8,10-11H2,1-2H3,(H,23,27). The number of rotatable bonds is 8. The van der Waals surface area contributed by atoms with E-state index in [2.05, 4.69) is 10.3 Å². The number of methoxy groups -OCH3 is 1. The number of benzene rings is 1. The van der Waals surface area contributed by atoms with E-state index in [1.54, 1.807) is 12.1 Å². The highest BCUT2D eigenvalue weighted by Crippen LogP contribution is 2.45. The van der Waals surface area contributed by atoms with Crippen LogP contribution in [0.25, 0.3) is 0 Å². The molecule has 9 nitrogen and oxygen atoms in total. The number of nitro benzene ring substituents is 1. The van der Waals surface area contributed by atoms with E-state index in [-0.39, 0.29) is 18.0 Å². The van der Waals surface area contributed by atoms with Gasteiger partial charge in [-0.1, -0.05) is 30.8 Å². The molecule has 0 radical (unpaired) electrons. The number of non-ortho nitro benzene ring substituents is 1. The van der Waals surface area contributed by atoms with Gasteiger partial charge in [0, 0.05) is 24.4 Å². The fraction of sp³-hybridized carbons (Fsp3) is 0.409. The number of ether oxygens (including phenoxy) is 1. The van der Waals surface area contributed by atoms with Crippen LogP contribution in [0.15, 0.2) is 51.6 Å². The highest BCUT2D eigenvalue weighted by atomic mass is 32.2. The molecule has 1 fully saturated rings. The van der Waals surface area contributed by atoms with Crippen molar-refractivity contribution in [2.75, 3.05) is 13.7 Å². The lowest BCUT2D eigenvalue weighted by Crippen LogP contribution is -2.38. The molecule has 2 heterocycles. The molecule has 10 heteroatoms. The summed E-state index contributed by atoms with van der Waals surface area (Å²) in [4.78, 5) is 42.8. The zero-order valence-electron chi connectivity index (χ0n) is 17.9. The quantitative estimate of drug-likeness (QED) is 0.361. The first-order valence-corrected chi connectivity index (χ1v) is 11.4. The molecule has 0 bridgehead atoms. The Balaban J connectivity index is 1.72. The molecule has 0 saturated heterocycles. The molecule has 4 rings (SSSR count). The number of carbonyl (C=O) groups excluding carboxylic acids is 2. The van der Waals surface area contributed by atoms with Gasteiger partial charge in [0.05, 0.1) is 35.8 Å². The fourth-order valence-corrected chi connectivity index (χ4v) is 4.78. The number of thioether (sulfide) groups is 1. The Labute approximate surface area is 189 Å². The van der Waals surface area contributed by atoms with Crippen molar-refractivity contribution in [3.05, 3.63) is 62.3 Å². The van der Waals surface area contributed by atoms with Crippen LogP contribution in [0, 0.1) is 16.0 Å². The number of esters is 1. The van der Waals surface area contributed by atoms with Crippen LogP contribution in [0.5, 0.6) is 0 Å². The minimum atomic E-state index is -0.678. The van der Waals surface area contributed by atoms with E-state index in [4.69, 9.17) is 4.74 Å². The molecule has 1 aromatic rings. The van der Waals surface area contributed by atoms with Crippen LogP contribution in [0.2, 0.25) is 0 Å². The molecule has 1 atom stereocenters. The van der Waals surface area contributed by atoms with Crippen LogP contribution in [0.1, 0.15) is 44.2 Å². The van der Waals surface area contributed by atoms with Gasteiger partial charge in [0.25, 0.3) is 5.69 Å². The summed E-state index contributed by atoms with van der Waals surface area (Å²) in [6.07, 6.45) is 2.90. The maximum atomic E-state index is 12.8. The van der Waals surface area contributed by atoms with Gasteiger partial charge in [0.2, 0.25) is 5.91 Å². The zero-order valence-corrected chi connectivity index (χ0v) is 18.7. The van der Waals surface area contributed by atoms with E-state index in [1.165, 1.54) is 31.0 Å². The predicted molar refractivity (Wildman–Crippen MR) is 120 cm³/mol. The zero-order chi connectivity index (χ0) is 22.8. The van der Waals surface area contributed by atoms with E-state index in [0.717, 1.165) is 12.8 Å². The van der Waals surface area contributed by atoms with Crippen molar-refractivity contribution in [3.8, 4) is 0 Å². The first-order chi connectivity index (χ1) is 15.4. The molecule has 1 saturated carbocycles. The number of fused-ring (bicyclic) bond motifs is 1. The summed E-state index contributed by atoms with van der Waals surface area (Å²) in [7, 11) is 1.30. The van der Waals surface area contributed by atoms with Crippen LogP contribution in [-0.2, 0) is 14.3 Å². The third-order valence-corrected chi connectivity index (χ3v) is 6.54. The molecule has 0 spiro atoms. The Morgan fingerprint density at radius 3 is 2.81 bits per heavy atom. The minimum absolute atomic E-state index is 0.0756. The second-order valence-corrected chi connectivity index (χ2v) is 8.71. The van der Waals surface area contributed by atoms with Gasteiger partial charge >= 0.3 is 5.97 Å².